The second-order valence-electron chi connectivity index (χ2n) is 8.29. The summed E-state index contributed by atoms with van der Waals surface area (Å²) in [5, 5.41) is 0. The van der Waals surface area contributed by atoms with E-state index in [9.17, 15) is 9.59 Å². The van der Waals surface area contributed by atoms with Crippen LogP contribution in [0.15, 0.2) is 28.7 Å². The van der Waals surface area contributed by atoms with Gasteiger partial charge < -0.3 is 9.64 Å². The molecular formula is C20H26BrNO3. The zero-order valence-electron chi connectivity index (χ0n) is 15.1. The summed E-state index contributed by atoms with van der Waals surface area (Å²) >= 11 is 3.41. The summed E-state index contributed by atoms with van der Waals surface area (Å²) in [6.45, 7) is 7.14. The lowest BCUT2D eigenvalue weighted by Gasteiger charge is -2.29. The van der Waals surface area contributed by atoms with Crippen molar-refractivity contribution in [3.8, 4) is 0 Å². The number of Topliss-reactive ketones (excluding diaryl/α,β-unsaturated/α-hetero) is 1. The Morgan fingerprint density at radius 1 is 1.08 bits per heavy atom. The van der Waals surface area contributed by atoms with E-state index in [4.69, 9.17) is 4.74 Å². The molecule has 3 rings (SSSR count). The average molecular weight is 408 g/mol. The third kappa shape index (κ3) is 4.43. The van der Waals surface area contributed by atoms with Crippen LogP contribution in [0.25, 0.3) is 0 Å². The topological polar surface area (TPSA) is 46.6 Å². The quantitative estimate of drug-likeness (QED) is 0.653. The van der Waals surface area contributed by atoms with Crippen molar-refractivity contribution in [1.29, 1.82) is 0 Å². The molecule has 1 saturated heterocycles. The summed E-state index contributed by atoms with van der Waals surface area (Å²) in [5.74, 6) is 1.22. The Labute approximate surface area is 158 Å². The summed E-state index contributed by atoms with van der Waals surface area (Å²) in [7, 11) is 0. The van der Waals surface area contributed by atoms with Gasteiger partial charge in [-0.25, -0.2) is 4.79 Å². The van der Waals surface area contributed by atoms with E-state index < -0.39 is 5.60 Å². The number of fused-ring (bicyclic) bond motifs is 1. The van der Waals surface area contributed by atoms with Gasteiger partial charge in [0, 0.05) is 29.0 Å². The van der Waals surface area contributed by atoms with Crippen LogP contribution in [0.3, 0.4) is 0 Å². The van der Waals surface area contributed by atoms with Gasteiger partial charge in [0.15, 0.2) is 5.78 Å². The molecule has 0 spiro atoms. The Morgan fingerprint density at radius 2 is 1.72 bits per heavy atom. The normalized spacial score (nSPS) is 26.2. The fraction of sp³-hybridized carbons (Fsp3) is 0.600. The van der Waals surface area contributed by atoms with Crippen molar-refractivity contribution < 1.29 is 14.3 Å². The molecule has 25 heavy (non-hydrogen) atoms. The standard InChI is InChI=1S/C20H26BrNO3/c1-20(2,3)25-19(24)22-11-15-5-4-14(10-16(15)12-22)18(23)13-6-8-17(21)9-7-13/h6-9,14-16H,4-5,10-12H2,1-3H3/t14-,15?,16?/m0/s1. The molecule has 5 heteroatoms. The molecule has 4 nitrogen and oxygen atoms in total. The Balaban J connectivity index is 1.61. The maximum Gasteiger partial charge on any atom is 0.410 e. The van der Waals surface area contributed by atoms with E-state index in [2.05, 4.69) is 15.9 Å². The second-order valence-corrected chi connectivity index (χ2v) is 9.20. The number of hydrogen-bond donors (Lipinski definition) is 0. The minimum Gasteiger partial charge on any atom is -0.444 e. The van der Waals surface area contributed by atoms with E-state index >= 15 is 0 Å². The number of hydrogen-bond acceptors (Lipinski definition) is 3. The van der Waals surface area contributed by atoms with Crippen molar-refractivity contribution in [1.82, 2.24) is 4.90 Å². The largest absolute Gasteiger partial charge is 0.444 e. The number of carbonyl (C=O) groups excluding carboxylic acids is 2. The van der Waals surface area contributed by atoms with Crippen molar-refractivity contribution >= 4 is 27.8 Å². The molecule has 2 unspecified atom stereocenters. The van der Waals surface area contributed by atoms with E-state index in [1.54, 1.807) is 0 Å². The van der Waals surface area contributed by atoms with Crippen LogP contribution >= 0.6 is 15.9 Å². The molecule has 1 saturated carbocycles. The zero-order valence-corrected chi connectivity index (χ0v) is 16.7. The van der Waals surface area contributed by atoms with Crippen LogP contribution in [0.2, 0.25) is 0 Å². The highest BCUT2D eigenvalue weighted by Gasteiger charge is 2.42. The van der Waals surface area contributed by atoms with Crippen LogP contribution in [-0.2, 0) is 4.74 Å². The third-order valence-electron chi connectivity index (χ3n) is 5.20. The fourth-order valence-corrected chi connectivity index (χ4v) is 4.26. The number of benzene rings is 1. The van der Waals surface area contributed by atoms with Gasteiger partial charge in [0.05, 0.1) is 0 Å². The molecule has 3 atom stereocenters. The Hall–Kier alpha value is -1.36. The number of ketones is 1. The Morgan fingerprint density at radius 3 is 2.36 bits per heavy atom. The van der Waals surface area contributed by atoms with E-state index in [0.717, 1.165) is 35.8 Å². The van der Waals surface area contributed by atoms with Crippen molar-refractivity contribution in [2.75, 3.05) is 13.1 Å². The lowest BCUT2D eigenvalue weighted by atomic mass is 9.73. The molecule has 136 valence electrons. The fourth-order valence-electron chi connectivity index (χ4n) is 3.99. The third-order valence-corrected chi connectivity index (χ3v) is 5.73. The second kappa shape index (κ2) is 7.10. The maximum atomic E-state index is 12.8. The summed E-state index contributed by atoms with van der Waals surface area (Å²) in [6, 6.07) is 7.61. The highest BCUT2D eigenvalue weighted by Crippen LogP contribution is 2.40. The molecule has 1 aliphatic heterocycles. The molecule has 0 radical (unpaired) electrons. The number of amides is 1. The lowest BCUT2D eigenvalue weighted by molar-refractivity contribution is 0.0284. The van der Waals surface area contributed by atoms with Crippen LogP contribution in [0, 0.1) is 17.8 Å². The first kappa shape index (κ1) is 18.4. The van der Waals surface area contributed by atoms with Gasteiger partial charge in [0.2, 0.25) is 0 Å². The molecule has 2 fully saturated rings. The molecule has 1 aromatic carbocycles. The highest BCUT2D eigenvalue weighted by molar-refractivity contribution is 9.10. The van der Waals surface area contributed by atoms with Crippen molar-refractivity contribution in [3.05, 3.63) is 34.3 Å². The van der Waals surface area contributed by atoms with Crippen LogP contribution < -0.4 is 0 Å². The first-order valence-corrected chi connectivity index (χ1v) is 9.80. The van der Waals surface area contributed by atoms with Crippen LogP contribution in [0.5, 0.6) is 0 Å². The van der Waals surface area contributed by atoms with Crippen LogP contribution in [0.4, 0.5) is 4.79 Å². The van der Waals surface area contributed by atoms with Gasteiger partial charge in [0.1, 0.15) is 5.60 Å². The summed E-state index contributed by atoms with van der Waals surface area (Å²) in [6.07, 6.45) is 2.58. The number of likely N-dealkylation sites (tertiary alicyclic amines) is 1. The number of rotatable bonds is 2. The number of carbonyl (C=O) groups is 2. The predicted molar refractivity (Wildman–Crippen MR) is 101 cm³/mol. The van der Waals surface area contributed by atoms with Crippen LogP contribution in [-0.4, -0.2) is 35.5 Å². The molecule has 2 aliphatic rings. The van der Waals surface area contributed by atoms with Gasteiger partial charge in [-0.3, -0.25) is 4.79 Å². The summed E-state index contributed by atoms with van der Waals surface area (Å²) in [4.78, 5) is 26.9. The monoisotopic (exact) mass is 407 g/mol. The van der Waals surface area contributed by atoms with E-state index in [1.165, 1.54) is 0 Å². The summed E-state index contributed by atoms with van der Waals surface area (Å²) < 4.78 is 6.48. The number of nitrogens with zero attached hydrogens (tertiary/aromatic N) is 1. The molecule has 0 N–H and O–H groups in total. The zero-order chi connectivity index (χ0) is 18.2. The van der Waals surface area contributed by atoms with E-state index in [1.807, 2.05) is 49.9 Å². The van der Waals surface area contributed by atoms with E-state index in [0.29, 0.717) is 18.4 Å². The predicted octanol–water partition coefficient (Wildman–Crippen LogP) is 4.92. The smallest absolute Gasteiger partial charge is 0.410 e. The molecule has 1 heterocycles. The molecule has 1 amide bonds. The lowest BCUT2D eigenvalue weighted by Crippen LogP contribution is -2.35. The van der Waals surface area contributed by atoms with Crippen LogP contribution in [0.1, 0.15) is 50.4 Å². The molecule has 0 bridgehead atoms. The van der Waals surface area contributed by atoms with Crippen molar-refractivity contribution in [2.45, 2.75) is 45.6 Å². The van der Waals surface area contributed by atoms with Gasteiger partial charge in [-0.1, -0.05) is 28.1 Å². The Bertz CT molecular complexity index is 650. The highest BCUT2D eigenvalue weighted by atomic mass is 79.9. The first-order chi connectivity index (χ1) is 11.7. The summed E-state index contributed by atoms with van der Waals surface area (Å²) in [5.41, 5.74) is 0.318. The number of halogens is 1. The van der Waals surface area contributed by atoms with Gasteiger partial charge in [-0.15, -0.1) is 0 Å². The number of ether oxygens (including phenoxy) is 1. The minimum atomic E-state index is -0.467. The molecule has 1 aromatic rings. The van der Waals surface area contributed by atoms with E-state index in [-0.39, 0.29) is 17.8 Å². The molecule has 0 aromatic heterocycles. The van der Waals surface area contributed by atoms with Crippen molar-refractivity contribution in [3.63, 3.8) is 0 Å². The minimum absolute atomic E-state index is 0.0704. The molecule has 1 aliphatic carbocycles. The Kier molecular flexibility index (Phi) is 5.24. The first-order valence-electron chi connectivity index (χ1n) is 9.00. The van der Waals surface area contributed by atoms with Gasteiger partial charge in [-0.2, -0.15) is 0 Å². The molecular weight excluding hydrogens is 382 g/mol. The SMILES string of the molecule is CC(C)(C)OC(=O)N1CC2CC[C@H](C(=O)c3ccc(Br)cc3)CC2C1. The van der Waals surface area contributed by atoms with Gasteiger partial charge in [0.25, 0.3) is 0 Å². The average Bonchev–Trinajstić information content (AvgIpc) is 2.96. The van der Waals surface area contributed by atoms with Gasteiger partial charge >= 0.3 is 6.09 Å². The van der Waals surface area contributed by atoms with Crippen molar-refractivity contribution in [2.24, 2.45) is 17.8 Å². The maximum absolute atomic E-state index is 12.8. The van der Waals surface area contributed by atoms with Gasteiger partial charge in [-0.05, 0) is 64.0 Å².